The summed E-state index contributed by atoms with van der Waals surface area (Å²) < 4.78 is 32.5. The largest absolute Gasteiger partial charge is 0.467 e. The first-order chi connectivity index (χ1) is 14.9. The summed E-state index contributed by atoms with van der Waals surface area (Å²) in [7, 11) is -3.58. The fourth-order valence-electron chi connectivity index (χ4n) is 3.66. The molecule has 0 spiro atoms. The zero-order valence-corrected chi connectivity index (χ0v) is 18.7. The molecule has 2 aromatic rings. The molecule has 1 aliphatic rings. The molecule has 1 N–H and O–H groups in total. The van der Waals surface area contributed by atoms with Gasteiger partial charge in [-0.25, -0.2) is 8.42 Å². The molecule has 9 heteroatoms. The van der Waals surface area contributed by atoms with Gasteiger partial charge in [-0.3, -0.25) is 9.59 Å². The summed E-state index contributed by atoms with van der Waals surface area (Å²) in [5.41, 5.74) is 0.586. The molecule has 0 aliphatic carbocycles. The number of nitrogens with zero attached hydrogens (tertiary/aromatic N) is 2. The van der Waals surface area contributed by atoms with E-state index >= 15 is 0 Å². The number of hydrogen-bond donors (Lipinski definition) is 1. The van der Waals surface area contributed by atoms with Crippen LogP contribution in [-0.2, 0) is 26.2 Å². The van der Waals surface area contributed by atoms with Gasteiger partial charge in [0, 0.05) is 31.7 Å². The normalized spacial score (nSPS) is 16.8. The van der Waals surface area contributed by atoms with Gasteiger partial charge in [0.2, 0.25) is 21.8 Å². The Morgan fingerprint density at radius 1 is 1.16 bits per heavy atom. The van der Waals surface area contributed by atoms with Crippen LogP contribution in [0.3, 0.4) is 0 Å². The van der Waals surface area contributed by atoms with Crippen molar-refractivity contribution in [3.8, 4) is 0 Å². The minimum Gasteiger partial charge on any atom is -0.467 e. The molecular weight excluding hydrogens is 418 g/mol. The number of nitrogens with one attached hydrogen (secondary N) is 1. The summed E-state index contributed by atoms with van der Waals surface area (Å²) in [6.45, 7) is 5.36. The summed E-state index contributed by atoms with van der Waals surface area (Å²) in [5.74, 6) is -0.185. The number of carbonyl (C=O) groups is 2. The van der Waals surface area contributed by atoms with E-state index in [0.29, 0.717) is 24.5 Å². The maximum absolute atomic E-state index is 12.9. The van der Waals surface area contributed by atoms with E-state index in [-0.39, 0.29) is 36.2 Å². The molecule has 0 radical (unpaired) electrons. The highest BCUT2D eigenvalue weighted by atomic mass is 32.2. The topological polar surface area (TPSA) is 99.9 Å². The number of anilines is 1. The number of carbonyl (C=O) groups excluding carboxylic acids is 2. The summed E-state index contributed by atoms with van der Waals surface area (Å²) in [6, 6.07) is 9.83. The highest BCUT2D eigenvalue weighted by molar-refractivity contribution is 7.89. The van der Waals surface area contributed by atoms with Gasteiger partial charge in [0.1, 0.15) is 5.76 Å². The Hall–Kier alpha value is -2.65. The minimum atomic E-state index is -3.58. The second-order valence-corrected chi connectivity index (χ2v) is 9.54. The van der Waals surface area contributed by atoms with Crippen LogP contribution in [0.4, 0.5) is 5.69 Å². The first-order valence-corrected chi connectivity index (χ1v) is 12.0. The molecule has 1 fully saturated rings. The smallest absolute Gasteiger partial charge is 0.243 e. The predicted molar refractivity (Wildman–Crippen MR) is 117 cm³/mol. The molecule has 1 saturated heterocycles. The Bertz CT molecular complexity index is 981. The molecular formula is C22H29N3O5S. The van der Waals surface area contributed by atoms with Gasteiger partial charge in [-0.1, -0.05) is 13.8 Å². The quantitative estimate of drug-likeness (QED) is 0.604. The highest BCUT2D eigenvalue weighted by Crippen LogP contribution is 2.27. The van der Waals surface area contributed by atoms with Gasteiger partial charge in [0.05, 0.1) is 23.6 Å². The SMILES string of the molecule is CCCN(CCC)S(=O)(=O)c1ccc(N2C[C@@H](C(=O)NCc3ccco3)CC2=O)cc1. The second kappa shape index (κ2) is 10.1. The molecule has 31 heavy (non-hydrogen) atoms. The van der Waals surface area contributed by atoms with Gasteiger partial charge < -0.3 is 14.6 Å². The molecule has 0 saturated carbocycles. The van der Waals surface area contributed by atoms with E-state index in [9.17, 15) is 18.0 Å². The number of amides is 2. The summed E-state index contributed by atoms with van der Waals surface area (Å²) >= 11 is 0. The summed E-state index contributed by atoms with van der Waals surface area (Å²) in [5, 5.41) is 2.79. The van der Waals surface area contributed by atoms with Crippen LogP contribution in [-0.4, -0.2) is 44.2 Å². The lowest BCUT2D eigenvalue weighted by Crippen LogP contribution is -2.33. The van der Waals surface area contributed by atoms with Crippen molar-refractivity contribution in [3.05, 3.63) is 48.4 Å². The number of furan rings is 1. The molecule has 1 aromatic heterocycles. The van der Waals surface area contributed by atoms with E-state index in [1.54, 1.807) is 24.3 Å². The van der Waals surface area contributed by atoms with Crippen molar-refractivity contribution >= 4 is 27.5 Å². The monoisotopic (exact) mass is 447 g/mol. The molecule has 2 amide bonds. The Morgan fingerprint density at radius 2 is 1.84 bits per heavy atom. The number of hydrogen-bond acceptors (Lipinski definition) is 5. The van der Waals surface area contributed by atoms with Crippen molar-refractivity contribution in [2.24, 2.45) is 5.92 Å². The Labute approximate surface area is 183 Å². The molecule has 8 nitrogen and oxygen atoms in total. The van der Waals surface area contributed by atoms with E-state index in [2.05, 4.69) is 5.32 Å². The maximum atomic E-state index is 12.9. The first-order valence-electron chi connectivity index (χ1n) is 10.6. The van der Waals surface area contributed by atoms with Gasteiger partial charge in [-0.15, -0.1) is 0 Å². The molecule has 0 unspecified atom stereocenters. The number of sulfonamides is 1. The maximum Gasteiger partial charge on any atom is 0.243 e. The van der Waals surface area contributed by atoms with Crippen LogP contribution in [0.1, 0.15) is 38.9 Å². The lowest BCUT2D eigenvalue weighted by Gasteiger charge is -2.22. The van der Waals surface area contributed by atoms with E-state index in [0.717, 1.165) is 12.8 Å². The van der Waals surface area contributed by atoms with Crippen LogP contribution in [0.15, 0.2) is 52.0 Å². The van der Waals surface area contributed by atoms with Crippen LogP contribution in [0.25, 0.3) is 0 Å². The van der Waals surface area contributed by atoms with Crippen LogP contribution in [0, 0.1) is 5.92 Å². The van der Waals surface area contributed by atoms with Crippen LogP contribution < -0.4 is 10.2 Å². The van der Waals surface area contributed by atoms with Crippen molar-refractivity contribution in [1.82, 2.24) is 9.62 Å². The molecule has 1 atom stereocenters. The van der Waals surface area contributed by atoms with Gasteiger partial charge >= 0.3 is 0 Å². The molecule has 2 heterocycles. The second-order valence-electron chi connectivity index (χ2n) is 7.60. The first kappa shape index (κ1) is 23.0. The molecule has 3 rings (SSSR count). The van der Waals surface area contributed by atoms with Crippen molar-refractivity contribution in [3.63, 3.8) is 0 Å². The fourth-order valence-corrected chi connectivity index (χ4v) is 5.29. The van der Waals surface area contributed by atoms with Crippen molar-refractivity contribution in [2.45, 2.75) is 44.6 Å². The molecule has 168 valence electrons. The number of rotatable bonds is 10. The number of benzene rings is 1. The molecule has 0 bridgehead atoms. The van der Waals surface area contributed by atoms with Crippen molar-refractivity contribution in [1.29, 1.82) is 0 Å². The Kier molecular flexibility index (Phi) is 7.50. The molecule has 1 aromatic carbocycles. The van der Waals surface area contributed by atoms with Gasteiger partial charge in [0.15, 0.2) is 0 Å². The van der Waals surface area contributed by atoms with E-state index in [1.807, 2.05) is 13.8 Å². The van der Waals surface area contributed by atoms with Gasteiger partial charge in [-0.05, 0) is 49.2 Å². The third-order valence-electron chi connectivity index (χ3n) is 5.24. The third kappa shape index (κ3) is 5.34. The van der Waals surface area contributed by atoms with E-state index < -0.39 is 15.9 Å². The highest BCUT2D eigenvalue weighted by Gasteiger charge is 2.35. The van der Waals surface area contributed by atoms with E-state index in [1.165, 1.54) is 27.6 Å². The minimum absolute atomic E-state index is 0.116. The third-order valence-corrected chi connectivity index (χ3v) is 7.16. The van der Waals surface area contributed by atoms with Crippen LogP contribution in [0.2, 0.25) is 0 Å². The summed E-state index contributed by atoms with van der Waals surface area (Å²) in [4.78, 5) is 26.7. The van der Waals surface area contributed by atoms with Crippen molar-refractivity contribution < 1.29 is 22.4 Å². The van der Waals surface area contributed by atoms with Gasteiger partial charge in [-0.2, -0.15) is 4.31 Å². The Morgan fingerprint density at radius 3 is 2.42 bits per heavy atom. The standard InChI is InChI=1S/C22H29N3O5S/c1-3-11-24(12-4-2)31(28,29)20-9-7-18(8-10-20)25-16-17(14-21(25)26)22(27)23-15-19-6-5-13-30-19/h5-10,13,17H,3-4,11-12,14-16H2,1-2H3,(H,23,27)/t17-/m0/s1. The fraction of sp³-hybridized carbons (Fsp3) is 0.455. The lowest BCUT2D eigenvalue weighted by molar-refractivity contribution is -0.126. The average molecular weight is 448 g/mol. The Balaban J connectivity index is 1.66. The van der Waals surface area contributed by atoms with E-state index in [4.69, 9.17) is 4.42 Å². The van der Waals surface area contributed by atoms with Crippen molar-refractivity contribution in [2.75, 3.05) is 24.5 Å². The average Bonchev–Trinajstić information content (AvgIpc) is 3.41. The summed E-state index contributed by atoms with van der Waals surface area (Å²) in [6.07, 6.45) is 3.13. The van der Waals surface area contributed by atoms with Crippen LogP contribution in [0.5, 0.6) is 0 Å². The zero-order valence-electron chi connectivity index (χ0n) is 17.9. The lowest BCUT2D eigenvalue weighted by atomic mass is 10.1. The van der Waals surface area contributed by atoms with Gasteiger partial charge in [0.25, 0.3) is 0 Å². The predicted octanol–water partition coefficient (Wildman–Crippen LogP) is 2.76. The zero-order chi connectivity index (χ0) is 22.4. The van der Waals surface area contributed by atoms with Crippen LogP contribution >= 0.6 is 0 Å². The molecule has 1 aliphatic heterocycles.